The lowest BCUT2D eigenvalue weighted by atomic mass is 10.2. The fourth-order valence-electron chi connectivity index (χ4n) is 1.02. The van der Waals surface area contributed by atoms with Crippen molar-refractivity contribution in [3.8, 4) is 0 Å². The van der Waals surface area contributed by atoms with Gasteiger partial charge in [0.15, 0.2) is 0 Å². The van der Waals surface area contributed by atoms with Gasteiger partial charge in [-0.3, -0.25) is 9.00 Å². The molecule has 0 aromatic carbocycles. The first-order chi connectivity index (χ1) is 6.56. The molecule has 4 nitrogen and oxygen atoms in total. The van der Waals surface area contributed by atoms with E-state index in [9.17, 15) is 9.00 Å². The van der Waals surface area contributed by atoms with Crippen molar-refractivity contribution in [1.29, 1.82) is 0 Å². The van der Waals surface area contributed by atoms with E-state index in [1.165, 1.54) is 0 Å². The summed E-state index contributed by atoms with van der Waals surface area (Å²) in [5, 5.41) is 2.84. The van der Waals surface area contributed by atoms with E-state index in [1.54, 1.807) is 6.26 Å². The zero-order valence-electron chi connectivity index (χ0n) is 8.91. The zero-order chi connectivity index (χ0) is 11.0. The summed E-state index contributed by atoms with van der Waals surface area (Å²) in [7, 11) is -0.778. The Labute approximate surface area is 88.1 Å². The quantitative estimate of drug-likeness (QED) is 0.634. The minimum absolute atomic E-state index is 0.0323. The molecular formula is C9H20N2O2S. The Morgan fingerprint density at radius 2 is 2.21 bits per heavy atom. The summed E-state index contributed by atoms with van der Waals surface area (Å²) in [6.07, 6.45) is 3.63. The van der Waals surface area contributed by atoms with Crippen molar-refractivity contribution in [3.63, 3.8) is 0 Å². The molecule has 2 atom stereocenters. The highest BCUT2D eigenvalue weighted by Gasteiger charge is 2.06. The Morgan fingerprint density at radius 1 is 1.57 bits per heavy atom. The van der Waals surface area contributed by atoms with Gasteiger partial charge in [-0.1, -0.05) is 0 Å². The van der Waals surface area contributed by atoms with E-state index in [0.717, 1.165) is 12.8 Å². The molecule has 0 bridgehead atoms. The van der Waals surface area contributed by atoms with E-state index in [2.05, 4.69) is 5.32 Å². The average molecular weight is 220 g/mol. The van der Waals surface area contributed by atoms with Crippen LogP contribution in [0, 0.1) is 0 Å². The van der Waals surface area contributed by atoms with Crippen LogP contribution in [0.5, 0.6) is 0 Å². The highest BCUT2D eigenvalue weighted by atomic mass is 32.2. The van der Waals surface area contributed by atoms with Crippen LogP contribution in [0.25, 0.3) is 0 Å². The number of carbonyl (C=O) groups excluding carboxylic acids is 1. The summed E-state index contributed by atoms with van der Waals surface area (Å²) >= 11 is 0. The first-order valence-corrected chi connectivity index (χ1v) is 6.58. The lowest BCUT2D eigenvalue weighted by Crippen LogP contribution is -2.33. The fourth-order valence-corrected chi connectivity index (χ4v) is 1.71. The van der Waals surface area contributed by atoms with Gasteiger partial charge in [-0.2, -0.15) is 0 Å². The molecule has 0 radical (unpaired) electrons. The molecule has 0 aromatic heterocycles. The normalized spacial score (nSPS) is 14.8. The van der Waals surface area contributed by atoms with Crippen LogP contribution >= 0.6 is 0 Å². The third-order valence-corrected chi connectivity index (χ3v) is 2.66. The zero-order valence-corrected chi connectivity index (χ0v) is 9.73. The van der Waals surface area contributed by atoms with Crippen molar-refractivity contribution in [3.05, 3.63) is 0 Å². The molecule has 0 heterocycles. The number of nitrogens with one attached hydrogen (secondary N) is 1. The molecular weight excluding hydrogens is 200 g/mol. The van der Waals surface area contributed by atoms with E-state index in [-0.39, 0.29) is 11.9 Å². The molecule has 5 heteroatoms. The van der Waals surface area contributed by atoms with Gasteiger partial charge in [0.1, 0.15) is 0 Å². The van der Waals surface area contributed by atoms with Crippen LogP contribution < -0.4 is 11.1 Å². The van der Waals surface area contributed by atoms with Crippen molar-refractivity contribution in [2.75, 3.05) is 18.6 Å². The molecule has 0 aliphatic rings. The van der Waals surface area contributed by atoms with Crippen LogP contribution in [0.15, 0.2) is 0 Å². The molecule has 0 saturated heterocycles. The Morgan fingerprint density at radius 3 is 2.71 bits per heavy atom. The molecule has 3 N–H and O–H groups in total. The van der Waals surface area contributed by atoms with Gasteiger partial charge in [-0.05, 0) is 26.3 Å². The van der Waals surface area contributed by atoms with E-state index < -0.39 is 10.8 Å². The molecule has 14 heavy (non-hydrogen) atoms. The second-order valence-electron chi connectivity index (χ2n) is 3.43. The number of carbonyl (C=O) groups is 1. The van der Waals surface area contributed by atoms with E-state index in [1.807, 2.05) is 6.92 Å². The van der Waals surface area contributed by atoms with Crippen molar-refractivity contribution in [1.82, 2.24) is 5.32 Å². The van der Waals surface area contributed by atoms with E-state index in [4.69, 9.17) is 5.73 Å². The molecule has 2 unspecified atom stereocenters. The highest BCUT2D eigenvalue weighted by molar-refractivity contribution is 7.84. The van der Waals surface area contributed by atoms with Gasteiger partial charge in [0.05, 0.1) is 0 Å². The molecule has 0 aliphatic heterocycles. The maximum Gasteiger partial charge on any atom is 0.220 e. The van der Waals surface area contributed by atoms with Crippen LogP contribution in [-0.2, 0) is 15.6 Å². The molecule has 0 saturated carbocycles. The van der Waals surface area contributed by atoms with Gasteiger partial charge < -0.3 is 11.1 Å². The van der Waals surface area contributed by atoms with Crippen LogP contribution in [0.3, 0.4) is 0 Å². The van der Waals surface area contributed by atoms with Crippen molar-refractivity contribution in [2.45, 2.75) is 32.2 Å². The van der Waals surface area contributed by atoms with Crippen molar-refractivity contribution < 1.29 is 9.00 Å². The molecule has 0 aliphatic carbocycles. The predicted octanol–water partition coefficient (Wildman–Crippen LogP) is -0.00140. The van der Waals surface area contributed by atoms with Crippen molar-refractivity contribution >= 4 is 16.7 Å². The standard InChI is InChI=1S/C9H20N2O2S/c1-8(5-7-14(2)13)11-9(12)4-3-6-10/h8H,3-7,10H2,1-2H3,(H,11,12). The number of rotatable bonds is 7. The molecule has 0 fully saturated rings. The molecule has 1 amide bonds. The molecule has 0 rings (SSSR count). The second-order valence-corrected chi connectivity index (χ2v) is 4.98. The van der Waals surface area contributed by atoms with E-state index in [0.29, 0.717) is 18.7 Å². The summed E-state index contributed by atoms with van der Waals surface area (Å²) in [5.74, 6) is 0.669. The minimum atomic E-state index is -0.778. The van der Waals surface area contributed by atoms with Gasteiger partial charge in [-0.15, -0.1) is 0 Å². The summed E-state index contributed by atoms with van der Waals surface area (Å²) in [5.41, 5.74) is 5.29. The second kappa shape index (κ2) is 7.94. The van der Waals surface area contributed by atoms with Crippen LogP contribution in [-0.4, -0.2) is 34.7 Å². The number of nitrogens with two attached hydrogens (primary N) is 1. The third-order valence-electron chi connectivity index (χ3n) is 1.85. The van der Waals surface area contributed by atoms with Crippen LogP contribution in [0.4, 0.5) is 0 Å². The maximum atomic E-state index is 11.2. The van der Waals surface area contributed by atoms with Crippen LogP contribution in [0.2, 0.25) is 0 Å². The highest BCUT2D eigenvalue weighted by Crippen LogP contribution is 1.94. The Hall–Kier alpha value is -0.420. The lowest BCUT2D eigenvalue weighted by Gasteiger charge is -2.12. The van der Waals surface area contributed by atoms with Crippen molar-refractivity contribution in [2.24, 2.45) is 5.73 Å². The Kier molecular flexibility index (Phi) is 7.70. The van der Waals surface area contributed by atoms with Gasteiger partial charge in [-0.25, -0.2) is 0 Å². The smallest absolute Gasteiger partial charge is 0.220 e. The minimum Gasteiger partial charge on any atom is -0.354 e. The monoisotopic (exact) mass is 220 g/mol. The Bertz CT molecular complexity index is 197. The van der Waals surface area contributed by atoms with Crippen LogP contribution in [0.1, 0.15) is 26.2 Å². The van der Waals surface area contributed by atoms with Gasteiger partial charge >= 0.3 is 0 Å². The molecule has 0 aromatic rings. The lowest BCUT2D eigenvalue weighted by molar-refractivity contribution is -0.121. The predicted molar refractivity (Wildman–Crippen MR) is 59.4 cm³/mol. The summed E-state index contributed by atoms with van der Waals surface area (Å²) < 4.78 is 10.8. The summed E-state index contributed by atoms with van der Waals surface area (Å²) in [4.78, 5) is 11.2. The third kappa shape index (κ3) is 8.19. The largest absolute Gasteiger partial charge is 0.354 e. The maximum absolute atomic E-state index is 11.2. The first kappa shape index (κ1) is 13.6. The number of hydrogen-bond acceptors (Lipinski definition) is 3. The summed E-state index contributed by atoms with van der Waals surface area (Å²) in [6, 6.07) is 0.101. The summed E-state index contributed by atoms with van der Waals surface area (Å²) in [6.45, 7) is 2.47. The molecule has 84 valence electrons. The topological polar surface area (TPSA) is 72.2 Å². The molecule has 0 spiro atoms. The average Bonchev–Trinajstić information content (AvgIpc) is 2.11. The number of hydrogen-bond donors (Lipinski definition) is 2. The van der Waals surface area contributed by atoms with Gasteiger partial charge in [0, 0.05) is 35.3 Å². The Balaban J connectivity index is 3.55. The van der Waals surface area contributed by atoms with E-state index >= 15 is 0 Å². The first-order valence-electron chi connectivity index (χ1n) is 4.85. The SMILES string of the molecule is CC(CCS(C)=O)NC(=O)CCCN. The van der Waals surface area contributed by atoms with Gasteiger partial charge in [0.25, 0.3) is 0 Å². The number of amides is 1. The fraction of sp³-hybridized carbons (Fsp3) is 0.889. The van der Waals surface area contributed by atoms with Gasteiger partial charge in [0.2, 0.25) is 5.91 Å².